The predicted octanol–water partition coefficient (Wildman–Crippen LogP) is 3.03. The standard InChI is InChI=1S/C17H18N4O3/c1-22-11-8-15(23-2)12(16(9-11)24-3)10-18-21-17-19-13-6-4-5-7-14(13)20-17/h4-10H,1-3H3,(H2,19,20,21)/b18-10-. The number of para-hydroxylation sites is 2. The van der Waals surface area contributed by atoms with Crippen LogP contribution in [0.25, 0.3) is 11.0 Å². The number of nitrogens with zero attached hydrogens (tertiary/aromatic N) is 2. The lowest BCUT2D eigenvalue weighted by atomic mass is 10.2. The maximum Gasteiger partial charge on any atom is 0.222 e. The third kappa shape index (κ3) is 3.10. The van der Waals surface area contributed by atoms with Crippen LogP contribution in [0.1, 0.15) is 5.56 Å². The number of nitrogens with one attached hydrogen (secondary N) is 2. The number of aromatic amines is 1. The van der Waals surface area contributed by atoms with E-state index in [2.05, 4.69) is 20.5 Å². The predicted molar refractivity (Wildman–Crippen MR) is 93.4 cm³/mol. The van der Waals surface area contributed by atoms with Crippen molar-refractivity contribution in [3.63, 3.8) is 0 Å². The summed E-state index contributed by atoms with van der Waals surface area (Å²) in [7, 11) is 4.75. The van der Waals surface area contributed by atoms with Crippen molar-refractivity contribution < 1.29 is 14.2 Å². The van der Waals surface area contributed by atoms with Gasteiger partial charge in [0.2, 0.25) is 5.95 Å². The Morgan fingerprint density at radius 3 is 2.38 bits per heavy atom. The van der Waals surface area contributed by atoms with Gasteiger partial charge in [-0.3, -0.25) is 0 Å². The number of anilines is 1. The minimum absolute atomic E-state index is 0.555. The SMILES string of the molecule is COc1cc(OC)c(/C=N\Nc2nc3ccccc3[nH]2)c(OC)c1. The molecule has 0 unspecified atom stereocenters. The number of fused-ring (bicyclic) bond motifs is 1. The number of benzene rings is 2. The molecule has 0 amide bonds. The quantitative estimate of drug-likeness (QED) is 0.537. The molecule has 0 aliphatic heterocycles. The number of rotatable bonds is 6. The molecule has 3 aromatic rings. The average molecular weight is 326 g/mol. The second-order valence-corrected chi connectivity index (χ2v) is 4.92. The Bertz CT molecular complexity index is 815. The van der Waals surface area contributed by atoms with Gasteiger partial charge in [-0.2, -0.15) is 5.10 Å². The largest absolute Gasteiger partial charge is 0.496 e. The lowest BCUT2D eigenvalue weighted by molar-refractivity contribution is 0.374. The molecule has 0 atom stereocenters. The van der Waals surface area contributed by atoms with Gasteiger partial charge in [-0.25, -0.2) is 10.4 Å². The van der Waals surface area contributed by atoms with Gasteiger partial charge in [-0.15, -0.1) is 0 Å². The molecule has 124 valence electrons. The van der Waals surface area contributed by atoms with Crippen LogP contribution in [-0.4, -0.2) is 37.5 Å². The van der Waals surface area contributed by atoms with Gasteiger partial charge in [-0.1, -0.05) is 12.1 Å². The number of hydrogen-bond donors (Lipinski definition) is 2. The van der Waals surface area contributed by atoms with Crippen molar-refractivity contribution >= 4 is 23.2 Å². The van der Waals surface area contributed by atoms with E-state index in [1.54, 1.807) is 39.7 Å². The molecule has 24 heavy (non-hydrogen) atoms. The van der Waals surface area contributed by atoms with Crippen LogP contribution in [0.4, 0.5) is 5.95 Å². The molecule has 0 spiro atoms. The summed E-state index contributed by atoms with van der Waals surface area (Å²) in [5.74, 6) is 2.40. The molecule has 3 rings (SSSR count). The first-order valence-corrected chi connectivity index (χ1v) is 7.29. The number of methoxy groups -OCH3 is 3. The summed E-state index contributed by atoms with van der Waals surface area (Å²) < 4.78 is 16.0. The first-order chi connectivity index (χ1) is 11.7. The Morgan fingerprint density at radius 1 is 1.04 bits per heavy atom. The van der Waals surface area contributed by atoms with Gasteiger partial charge in [-0.05, 0) is 12.1 Å². The molecule has 0 bridgehead atoms. The van der Waals surface area contributed by atoms with E-state index in [9.17, 15) is 0 Å². The van der Waals surface area contributed by atoms with Crippen molar-refractivity contribution in [2.24, 2.45) is 5.10 Å². The van der Waals surface area contributed by atoms with Crippen molar-refractivity contribution in [2.75, 3.05) is 26.8 Å². The zero-order valence-corrected chi connectivity index (χ0v) is 13.7. The number of imidazole rings is 1. The number of aromatic nitrogens is 2. The Labute approximate surface area is 139 Å². The molecule has 0 fully saturated rings. The molecule has 7 nitrogen and oxygen atoms in total. The van der Waals surface area contributed by atoms with Crippen molar-refractivity contribution in [1.82, 2.24) is 9.97 Å². The second kappa shape index (κ2) is 6.91. The smallest absolute Gasteiger partial charge is 0.222 e. The van der Waals surface area contributed by atoms with Crippen LogP contribution in [0.15, 0.2) is 41.5 Å². The maximum absolute atomic E-state index is 5.38. The van der Waals surface area contributed by atoms with Crippen LogP contribution >= 0.6 is 0 Å². The van der Waals surface area contributed by atoms with Crippen LogP contribution < -0.4 is 19.6 Å². The van der Waals surface area contributed by atoms with E-state index in [1.165, 1.54) is 0 Å². The molecule has 7 heteroatoms. The number of ether oxygens (including phenoxy) is 3. The molecular formula is C17H18N4O3. The van der Waals surface area contributed by atoms with Gasteiger partial charge in [0.25, 0.3) is 0 Å². The van der Waals surface area contributed by atoms with Crippen LogP contribution in [0.5, 0.6) is 17.2 Å². The summed E-state index contributed by atoms with van der Waals surface area (Å²) in [6.07, 6.45) is 1.62. The van der Waals surface area contributed by atoms with Gasteiger partial charge >= 0.3 is 0 Å². The maximum atomic E-state index is 5.38. The molecule has 0 saturated heterocycles. The Kier molecular flexibility index (Phi) is 4.51. The van der Waals surface area contributed by atoms with Gasteiger partial charge < -0.3 is 19.2 Å². The lowest BCUT2D eigenvalue weighted by Gasteiger charge is -2.12. The van der Waals surface area contributed by atoms with Crippen LogP contribution in [-0.2, 0) is 0 Å². The van der Waals surface area contributed by atoms with E-state index in [4.69, 9.17) is 14.2 Å². The molecule has 0 aliphatic carbocycles. The molecular weight excluding hydrogens is 308 g/mol. The summed E-state index contributed by atoms with van der Waals surface area (Å²) in [5.41, 5.74) is 5.38. The molecule has 0 radical (unpaired) electrons. The van der Waals surface area contributed by atoms with E-state index in [1.807, 2.05) is 24.3 Å². The third-order valence-electron chi connectivity index (χ3n) is 3.51. The second-order valence-electron chi connectivity index (χ2n) is 4.92. The van der Waals surface area contributed by atoms with E-state index >= 15 is 0 Å². The van der Waals surface area contributed by atoms with Gasteiger partial charge in [0.1, 0.15) is 17.2 Å². The monoisotopic (exact) mass is 326 g/mol. The normalized spacial score (nSPS) is 11.0. The van der Waals surface area contributed by atoms with E-state index in [0.717, 1.165) is 11.0 Å². The highest BCUT2D eigenvalue weighted by Crippen LogP contribution is 2.32. The lowest BCUT2D eigenvalue weighted by Crippen LogP contribution is -1.99. The van der Waals surface area contributed by atoms with Gasteiger partial charge in [0.05, 0.1) is 44.1 Å². The molecule has 1 heterocycles. The fourth-order valence-electron chi connectivity index (χ4n) is 2.32. The third-order valence-corrected chi connectivity index (χ3v) is 3.51. The Morgan fingerprint density at radius 2 is 1.75 bits per heavy atom. The van der Waals surface area contributed by atoms with Gasteiger partial charge in [0, 0.05) is 12.1 Å². The number of hydrazone groups is 1. The fourth-order valence-corrected chi connectivity index (χ4v) is 2.32. The highest BCUT2D eigenvalue weighted by molar-refractivity contribution is 5.88. The topological polar surface area (TPSA) is 80.8 Å². The molecule has 0 aliphatic rings. The highest BCUT2D eigenvalue weighted by atomic mass is 16.5. The average Bonchev–Trinajstić information content (AvgIpc) is 3.04. The summed E-state index contributed by atoms with van der Waals surface area (Å²) >= 11 is 0. The van der Waals surface area contributed by atoms with Crippen molar-refractivity contribution in [1.29, 1.82) is 0 Å². The fraction of sp³-hybridized carbons (Fsp3) is 0.176. The summed E-state index contributed by atoms with van der Waals surface area (Å²) in [5, 5.41) is 4.21. The Balaban J connectivity index is 1.85. The van der Waals surface area contributed by atoms with Crippen molar-refractivity contribution in [3.05, 3.63) is 42.0 Å². The van der Waals surface area contributed by atoms with Crippen molar-refractivity contribution in [2.45, 2.75) is 0 Å². The summed E-state index contributed by atoms with van der Waals surface area (Å²) in [6.45, 7) is 0. The molecule has 1 aromatic heterocycles. The minimum atomic E-state index is 0.555. The minimum Gasteiger partial charge on any atom is -0.496 e. The van der Waals surface area contributed by atoms with Crippen molar-refractivity contribution in [3.8, 4) is 17.2 Å². The summed E-state index contributed by atoms with van der Waals surface area (Å²) in [4.78, 5) is 7.53. The zero-order valence-electron chi connectivity index (χ0n) is 13.7. The molecule has 2 N–H and O–H groups in total. The number of hydrogen-bond acceptors (Lipinski definition) is 6. The van der Waals surface area contributed by atoms with Crippen LogP contribution in [0, 0.1) is 0 Å². The van der Waals surface area contributed by atoms with E-state index < -0.39 is 0 Å². The molecule has 0 saturated carbocycles. The molecule has 2 aromatic carbocycles. The van der Waals surface area contributed by atoms with E-state index in [0.29, 0.717) is 28.8 Å². The summed E-state index contributed by atoms with van der Waals surface area (Å²) in [6, 6.07) is 11.3. The van der Waals surface area contributed by atoms with Crippen LogP contribution in [0.2, 0.25) is 0 Å². The zero-order chi connectivity index (χ0) is 16.9. The first-order valence-electron chi connectivity index (χ1n) is 7.29. The number of H-pyrrole nitrogens is 1. The van der Waals surface area contributed by atoms with Gasteiger partial charge in [0.15, 0.2) is 0 Å². The first kappa shape index (κ1) is 15.7. The van der Waals surface area contributed by atoms with E-state index in [-0.39, 0.29) is 0 Å². The Hall–Kier alpha value is -3.22. The highest BCUT2D eigenvalue weighted by Gasteiger charge is 2.11. The van der Waals surface area contributed by atoms with Crippen LogP contribution in [0.3, 0.4) is 0 Å².